The molecule has 96 valence electrons. The van der Waals surface area contributed by atoms with Gasteiger partial charge in [-0.05, 0) is 12.8 Å². The Hall–Kier alpha value is -1.24. The number of rotatable bonds is 3. The second-order valence-electron chi connectivity index (χ2n) is 4.45. The van der Waals surface area contributed by atoms with Gasteiger partial charge in [0.1, 0.15) is 6.10 Å². The minimum absolute atomic E-state index is 0.163. The highest BCUT2D eigenvalue weighted by Crippen LogP contribution is 2.28. The largest absolute Gasteiger partial charge is 0.384 e. The average Bonchev–Trinajstić information content (AvgIpc) is 2.75. The van der Waals surface area contributed by atoms with E-state index in [1.165, 1.54) is 0 Å². The first-order valence-electron chi connectivity index (χ1n) is 5.57. The molecule has 2 aliphatic rings. The SMILES string of the molecule is O=C1C[C@@H]([C@@H](O)C(F)(F)C(=O)N2CCCC2)N1. The number of nitrogens with one attached hydrogen (secondary N) is 1. The molecule has 0 aromatic carbocycles. The molecule has 0 aromatic rings. The zero-order valence-corrected chi connectivity index (χ0v) is 9.16. The summed E-state index contributed by atoms with van der Waals surface area (Å²) in [5.74, 6) is -5.56. The third kappa shape index (κ3) is 2.11. The Bertz CT molecular complexity index is 334. The van der Waals surface area contributed by atoms with Crippen LogP contribution in [-0.4, -0.2) is 53.0 Å². The minimum atomic E-state index is -3.83. The Balaban J connectivity index is 2.00. The van der Waals surface area contributed by atoms with Crippen LogP contribution in [0, 0.1) is 0 Å². The molecule has 0 unspecified atom stereocenters. The van der Waals surface area contributed by atoms with Gasteiger partial charge in [0, 0.05) is 19.5 Å². The normalized spacial score (nSPS) is 26.4. The number of β-lactam (4-membered cyclic amide) rings is 1. The molecule has 2 atom stereocenters. The second kappa shape index (κ2) is 4.21. The van der Waals surface area contributed by atoms with Gasteiger partial charge < -0.3 is 15.3 Å². The zero-order chi connectivity index (χ0) is 12.6. The van der Waals surface area contributed by atoms with Gasteiger partial charge in [-0.15, -0.1) is 0 Å². The molecule has 0 bridgehead atoms. The fourth-order valence-electron chi connectivity index (χ4n) is 2.09. The summed E-state index contributed by atoms with van der Waals surface area (Å²) in [6.07, 6.45) is -0.895. The number of amides is 2. The standard InChI is InChI=1S/C10H14F2N2O3/c11-10(12,8(16)6-5-7(15)13-6)9(17)14-3-1-2-4-14/h6,8,16H,1-5H2,(H,13,15)/t6-,8+/m0/s1. The molecule has 0 spiro atoms. The van der Waals surface area contributed by atoms with Crippen LogP contribution < -0.4 is 5.32 Å². The van der Waals surface area contributed by atoms with Crippen molar-refractivity contribution in [1.82, 2.24) is 10.2 Å². The first kappa shape index (κ1) is 12.2. The van der Waals surface area contributed by atoms with Crippen molar-refractivity contribution < 1.29 is 23.5 Å². The quantitative estimate of drug-likeness (QED) is 0.661. The van der Waals surface area contributed by atoms with E-state index in [2.05, 4.69) is 5.32 Å². The van der Waals surface area contributed by atoms with Crippen molar-refractivity contribution in [2.24, 2.45) is 0 Å². The van der Waals surface area contributed by atoms with Crippen LogP contribution in [0.15, 0.2) is 0 Å². The summed E-state index contributed by atoms with van der Waals surface area (Å²) in [6, 6.07) is -1.02. The van der Waals surface area contributed by atoms with Gasteiger partial charge in [-0.2, -0.15) is 8.78 Å². The topological polar surface area (TPSA) is 69.6 Å². The number of hydrogen-bond donors (Lipinski definition) is 2. The highest BCUT2D eigenvalue weighted by molar-refractivity contribution is 5.87. The maximum atomic E-state index is 13.7. The third-order valence-corrected chi connectivity index (χ3v) is 3.18. The van der Waals surface area contributed by atoms with Crippen LogP contribution in [0.4, 0.5) is 8.78 Å². The summed E-state index contributed by atoms with van der Waals surface area (Å²) in [6.45, 7) is 0.607. The number of halogens is 2. The highest BCUT2D eigenvalue weighted by Gasteiger charge is 2.54. The Morgan fingerprint density at radius 1 is 1.47 bits per heavy atom. The van der Waals surface area contributed by atoms with Crippen molar-refractivity contribution >= 4 is 11.8 Å². The van der Waals surface area contributed by atoms with E-state index in [0.717, 1.165) is 4.90 Å². The molecule has 2 saturated heterocycles. The van der Waals surface area contributed by atoms with Crippen molar-refractivity contribution in [2.75, 3.05) is 13.1 Å². The fraction of sp³-hybridized carbons (Fsp3) is 0.800. The van der Waals surface area contributed by atoms with Gasteiger partial charge in [-0.25, -0.2) is 0 Å². The summed E-state index contributed by atoms with van der Waals surface area (Å²) in [5, 5.41) is 11.6. The Kier molecular flexibility index (Phi) is 3.03. The van der Waals surface area contributed by atoms with E-state index in [-0.39, 0.29) is 6.42 Å². The monoisotopic (exact) mass is 248 g/mol. The molecule has 2 aliphatic heterocycles. The zero-order valence-electron chi connectivity index (χ0n) is 9.16. The third-order valence-electron chi connectivity index (χ3n) is 3.18. The number of carbonyl (C=O) groups excluding carboxylic acids is 2. The van der Waals surface area contributed by atoms with Crippen molar-refractivity contribution in [2.45, 2.75) is 37.3 Å². The van der Waals surface area contributed by atoms with Gasteiger partial charge in [-0.1, -0.05) is 0 Å². The smallest absolute Gasteiger partial charge is 0.351 e. The summed E-state index contributed by atoms with van der Waals surface area (Å²) >= 11 is 0. The molecule has 2 N–H and O–H groups in total. The van der Waals surface area contributed by atoms with Crippen molar-refractivity contribution in [1.29, 1.82) is 0 Å². The Labute approximate surface area is 96.8 Å². The van der Waals surface area contributed by atoms with E-state index in [0.29, 0.717) is 25.9 Å². The van der Waals surface area contributed by atoms with Crippen LogP contribution in [0.5, 0.6) is 0 Å². The summed E-state index contributed by atoms with van der Waals surface area (Å²) < 4.78 is 27.3. The van der Waals surface area contributed by atoms with E-state index >= 15 is 0 Å². The summed E-state index contributed by atoms with van der Waals surface area (Å²) in [4.78, 5) is 23.2. The number of likely N-dealkylation sites (tertiary alicyclic amines) is 1. The second-order valence-corrected chi connectivity index (χ2v) is 4.45. The molecular weight excluding hydrogens is 234 g/mol. The van der Waals surface area contributed by atoms with E-state index in [1.54, 1.807) is 0 Å². The molecule has 2 heterocycles. The summed E-state index contributed by atoms with van der Waals surface area (Å²) in [5.41, 5.74) is 0. The van der Waals surface area contributed by atoms with Crippen LogP contribution in [0.2, 0.25) is 0 Å². The van der Waals surface area contributed by atoms with E-state index < -0.39 is 29.9 Å². The molecule has 0 aliphatic carbocycles. The molecule has 2 amide bonds. The molecule has 0 radical (unpaired) electrons. The van der Waals surface area contributed by atoms with Crippen molar-refractivity contribution in [3.63, 3.8) is 0 Å². The number of nitrogens with zero attached hydrogens (tertiary/aromatic N) is 1. The number of hydrogen-bond acceptors (Lipinski definition) is 3. The van der Waals surface area contributed by atoms with Crippen molar-refractivity contribution in [3.05, 3.63) is 0 Å². The maximum Gasteiger partial charge on any atom is 0.351 e. The molecule has 2 fully saturated rings. The summed E-state index contributed by atoms with van der Waals surface area (Å²) in [7, 11) is 0. The molecular formula is C10H14F2N2O3. The minimum Gasteiger partial charge on any atom is -0.384 e. The number of alkyl halides is 2. The lowest BCUT2D eigenvalue weighted by Crippen LogP contribution is -2.63. The first-order valence-corrected chi connectivity index (χ1v) is 5.57. The maximum absolute atomic E-state index is 13.7. The van der Waals surface area contributed by atoms with Crippen LogP contribution in [0.3, 0.4) is 0 Å². The van der Waals surface area contributed by atoms with E-state index in [4.69, 9.17) is 0 Å². The fourth-order valence-corrected chi connectivity index (χ4v) is 2.09. The van der Waals surface area contributed by atoms with Gasteiger partial charge in [0.25, 0.3) is 5.91 Å². The van der Waals surface area contributed by atoms with Crippen LogP contribution in [-0.2, 0) is 9.59 Å². The number of aliphatic hydroxyl groups excluding tert-OH is 1. The predicted molar refractivity (Wildman–Crippen MR) is 53.3 cm³/mol. The van der Waals surface area contributed by atoms with Gasteiger partial charge in [-0.3, -0.25) is 9.59 Å². The lowest BCUT2D eigenvalue weighted by atomic mass is 9.94. The van der Waals surface area contributed by atoms with Crippen molar-refractivity contribution in [3.8, 4) is 0 Å². The van der Waals surface area contributed by atoms with E-state index in [9.17, 15) is 23.5 Å². The van der Waals surface area contributed by atoms with Gasteiger partial charge in [0.15, 0.2) is 0 Å². The van der Waals surface area contributed by atoms with Crippen LogP contribution in [0.1, 0.15) is 19.3 Å². The highest BCUT2D eigenvalue weighted by atomic mass is 19.3. The Morgan fingerprint density at radius 2 is 2.00 bits per heavy atom. The molecule has 0 aromatic heterocycles. The Morgan fingerprint density at radius 3 is 2.47 bits per heavy atom. The molecule has 0 saturated carbocycles. The molecule has 2 rings (SSSR count). The van der Waals surface area contributed by atoms with E-state index in [1.807, 2.05) is 0 Å². The average molecular weight is 248 g/mol. The molecule has 5 nitrogen and oxygen atoms in total. The first-order chi connectivity index (χ1) is 7.93. The van der Waals surface area contributed by atoms with Crippen LogP contribution in [0.25, 0.3) is 0 Å². The lowest BCUT2D eigenvalue weighted by Gasteiger charge is -2.35. The number of aliphatic hydroxyl groups is 1. The van der Waals surface area contributed by atoms with Gasteiger partial charge in [0.05, 0.1) is 6.04 Å². The van der Waals surface area contributed by atoms with Gasteiger partial charge in [0.2, 0.25) is 5.91 Å². The predicted octanol–water partition coefficient (Wildman–Crippen LogP) is -0.507. The van der Waals surface area contributed by atoms with Gasteiger partial charge >= 0.3 is 5.92 Å². The molecule has 17 heavy (non-hydrogen) atoms. The molecule has 7 heteroatoms. The number of carbonyl (C=O) groups is 2. The van der Waals surface area contributed by atoms with Crippen LogP contribution >= 0.6 is 0 Å². The lowest BCUT2D eigenvalue weighted by molar-refractivity contribution is -0.181.